The van der Waals surface area contributed by atoms with Crippen molar-refractivity contribution in [3.8, 4) is 0 Å². The zero-order valence-corrected chi connectivity index (χ0v) is 33.1. The highest BCUT2D eigenvalue weighted by molar-refractivity contribution is 8.83. The molecular formula is C19H36N4O6S13. The molecule has 42 heavy (non-hydrogen) atoms. The first-order valence-corrected chi connectivity index (χ1v) is 26.9. The van der Waals surface area contributed by atoms with Crippen molar-refractivity contribution in [2.75, 3.05) is 83.8 Å². The summed E-state index contributed by atoms with van der Waals surface area (Å²) in [5, 5.41) is 25.6. The van der Waals surface area contributed by atoms with Gasteiger partial charge in [-0.2, -0.15) is 0 Å². The van der Waals surface area contributed by atoms with E-state index in [2.05, 4.69) is 20.6 Å². The van der Waals surface area contributed by atoms with Crippen LogP contribution < -0.4 is 10.6 Å². The van der Waals surface area contributed by atoms with Gasteiger partial charge in [-0.05, 0) is 0 Å². The maximum Gasteiger partial charge on any atom is 0.290 e. The van der Waals surface area contributed by atoms with Crippen LogP contribution in [-0.2, 0) is 22.4 Å². The van der Waals surface area contributed by atoms with Crippen LogP contribution >= 0.6 is 127 Å². The van der Waals surface area contributed by atoms with Gasteiger partial charge in [0.2, 0.25) is 11.1 Å². The fourth-order valence-electron chi connectivity index (χ4n) is 1.78. The first-order chi connectivity index (χ1) is 20.5. The summed E-state index contributed by atoms with van der Waals surface area (Å²) in [6.07, 6.45) is 0. The molecule has 0 bridgehead atoms. The van der Waals surface area contributed by atoms with E-state index in [-0.39, 0.29) is 22.4 Å². The molecule has 2 atom stereocenters. The van der Waals surface area contributed by atoms with Crippen LogP contribution in [0.1, 0.15) is 0 Å². The number of nitrogens with one attached hydrogen (secondary N) is 2. The van der Waals surface area contributed by atoms with Gasteiger partial charge >= 0.3 is 0 Å². The molecule has 2 unspecified atom stereocenters. The molecule has 0 aromatic carbocycles. The molecule has 0 aliphatic rings. The molecule has 0 heterocycles. The van der Waals surface area contributed by atoms with Gasteiger partial charge in [0.25, 0.3) is 10.5 Å². The molecule has 0 aliphatic carbocycles. The summed E-state index contributed by atoms with van der Waals surface area (Å²) in [5.74, 6) is 5.80. The quantitative estimate of drug-likeness (QED) is 0.0187. The lowest BCUT2D eigenvalue weighted by Gasteiger charge is -2.06. The van der Waals surface area contributed by atoms with Gasteiger partial charge in [0.1, 0.15) is 0 Å². The lowest BCUT2D eigenvalue weighted by Crippen LogP contribution is -2.18. The number of rotatable bonds is 29. The van der Waals surface area contributed by atoms with E-state index in [9.17, 15) is 18.7 Å². The van der Waals surface area contributed by atoms with Crippen molar-refractivity contribution in [2.45, 2.75) is 0 Å². The van der Waals surface area contributed by atoms with Crippen LogP contribution in [0, 0.1) is 0 Å². The minimum absolute atomic E-state index is 0.0580. The highest BCUT2D eigenvalue weighted by Gasteiger charge is 2.07. The van der Waals surface area contributed by atoms with Crippen LogP contribution in [0.4, 0.5) is 9.59 Å². The molecule has 0 aromatic rings. The Morgan fingerprint density at radius 3 is 1.74 bits per heavy atom. The second kappa shape index (κ2) is 36.5. The molecule has 0 spiro atoms. The second-order valence-corrected chi connectivity index (χ2v) is 22.3. The van der Waals surface area contributed by atoms with Crippen molar-refractivity contribution < 1.29 is 28.9 Å². The van der Waals surface area contributed by atoms with Crippen molar-refractivity contribution >= 4 is 171 Å². The monoisotopic (exact) mass is 832 g/mol. The minimum Gasteiger partial charge on any atom is -0.610 e. The summed E-state index contributed by atoms with van der Waals surface area (Å²) in [6, 6.07) is 0. The molecule has 0 fully saturated rings. The van der Waals surface area contributed by atoms with E-state index >= 15 is 0 Å². The molecular weight excluding hydrogens is 797 g/mol. The van der Waals surface area contributed by atoms with E-state index in [0.29, 0.717) is 48.9 Å². The maximum atomic E-state index is 12.0. The number of hydrogen-bond donors (Lipinski definition) is 4. The van der Waals surface area contributed by atoms with E-state index in [1.54, 1.807) is 47.0 Å². The second-order valence-electron chi connectivity index (χ2n) is 6.46. The number of carbonyl (C=O) groups excluding carboxylic acids is 2. The number of aliphatic imine (C=N–C) groups is 2. The summed E-state index contributed by atoms with van der Waals surface area (Å²) in [7, 11) is 2.54. The Hall–Kier alpha value is 2.67. The Kier molecular flexibility index (Phi) is 38.8. The zero-order chi connectivity index (χ0) is 30.9. The number of thioether (sulfide) groups is 9. The van der Waals surface area contributed by atoms with Crippen LogP contribution in [0.5, 0.6) is 0 Å². The van der Waals surface area contributed by atoms with Crippen LogP contribution in [0.25, 0.3) is 0 Å². The van der Waals surface area contributed by atoms with Crippen molar-refractivity contribution in [2.24, 2.45) is 9.98 Å². The van der Waals surface area contributed by atoms with Gasteiger partial charge in [-0.25, -0.2) is 9.98 Å². The summed E-state index contributed by atoms with van der Waals surface area (Å²) in [6.45, 7) is 0. The molecule has 10 nitrogen and oxygen atoms in total. The fourth-order valence-corrected chi connectivity index (χ4v) is 13.7. The molecule has 0 aromatic heterocycles. The highest BCUT2D eigenvalue weighted by Crippen LogP contribution is 2.26. The van der Waals surface area contributed by atoms with Crippen LogP contribution in [0.3, 0.4) is 0 Å². The number of amides is 2. The molecule has 246 valence electrons. The average Bonchev–Trinajstić information content (AvgIpc) is 2.98. The standard InChI is InChI=1S/C19H36N4O6S13/c24-11-34-13-36-16-41(28)9-20-5-30-1-3-32-7-22-18(26)38-14-37-17-42(29)10-21-6-31-2-4-33-8-23-19(27)40-39-15-35-12-25/h9-10,24-25H,1-8,11-17H2,(H,22,26)(H,23,27)/b20-9-,21-10-. The predicted octanol–water partition coefficient (Wildman–Crippen LogP) is 5.46. The van der Waals surface area contributed by atoms with Crippen molar-refractivity contribution in [1.82, 2.24) is 10.6 Å². The third-order valence-electron chi connectivity index (χ3n) is 3.38. The van der Waals surface area contributed by atoms with Gasteiger partial charge in [0, 0.05) is 61.2 Å². The van der Waals surface area contributed by atoms with Crippen molar-refractivity contribution in [3.05, 3.63) is 0 Å². The van der Waals surface area contributed by atoms with Crippen LogP contribution in [0.2, 0.25) is 0 Å². The largest absolute Gasteiger partial charge is 0.610 e. The molecule has 4 N–H and O–H groups in total. The molecule has 0 saturated carbocycles. The van der Waals surface area contributed by atoms with Gasteiger partial charge in [-0.3, -0.25) is 9.59 Å². The Balaban J connectivity index is 3.48. The molecule has 0 rings (SSSR count). The Morgan fingerprint density at radius 1 is 0.667 bits per heavy atom. The average molecular weight is 833 g/mol. The number of hydrogen-bond acceptors (Lipinski definition) is 19. The van der Waals surface area contributed by atoms with Crippen molar-refractivity contribution in [3.63, 3.8) is 0 Å². The number of carbonyl (C=O) groups is 2. The molecule has 2 amide bonds. The highest BCUT2D eigenvalue weighted by atomic mass is 33.1. The third-order valence-corrected chi connectivity index (χ3v) is 17.6. The predicted molar refractivity (Wildman–Crippen MR) is 211 cm³/mol. The summed E-state index contributed by atoms with van der Waals surface area (Å²) >= 11 is 11.1. The SMILES string of the molecule is O=C(NCSCCSC/N=C\[S+]([O-])CSCSCO)SCSC[S+]([O-])/C=N\CSCCSCNC(=O)SSCSCO. The lowest BCUT2D eigenvalue weighted by molar-refractivity contribution is 0.261. The molecule has 0 saturated heterocycles. The van der Waals surface area contributed by atoms with Crippen molar-refractivity contribution in [1.29, 1.82) is 0 Å². The Labute approximate surface area is 301 Å². The minimum atomic E-state index is -1.18. The summed E-state index contributed by atoms with van der Waals surface area (Å²) < 4.78 is 23.7. The number of aliphatic hydroxyl groups is 2. The Morgan fingerprint density at radius 2 is 1.17 bits per heavy atom. The summed E-state index contributed by atoms with van der Waals surface area (Å²) in [5.41, 5.74) is 2.94. The fraction of sp³-hybridized carbons (Fsp3) is 0.789. The molecule has 0 aliphatic heterocycles. The van der Waals surface area contributed by atoms with E-state index < -0.39 is 22.4 Å². The number of aliphatic hydroxyl groups excluding tert-OH is 2. The Bertz CT molecular complexity index is 709. The first kappa shape index (κ1) is 44.7. The smallest absolute Gasteiger partial charge is 0.290 e. The van der Waals surface area contributed by atoms with Crippen LogP contribution in [-0.4, -0.2) is 125 Å². The lowest BCUT2D eigenvalue weighted by atomic mass is 11.0. The first-order valence-electron chi connectivity index (χ1n) is 11.5. The molecule has 0 radical (unpaired) electrons. The van der Waals surface area contributed by atoms with Gasteiger partial charge < -0.3 is 30.0 Å². The zero-order valence-electron chi connectivity index (χ0n) is 22.5. The van der Waals surface area contributed by atoms with Gasteiger partial charge in [-0.1, -0.05) is 46.1 Å². The van der Waals surface area contributed by atoms with Gasteiger partial charge in [0.15, 0.2) is 10.2 Å². The van der Waals surface area contributed by atoms with E-state index in [1.165, 1.54) is 68.9 Å². The van der Waals surface area contributed by atoms with E-state index in [1.807, 2.05) is 0 Å². The van der Waals surface area contributed by atoms with Crippen LogP contribution in [0.15, 0.2) is 9.98 Å². The van der Waals surface area contributed by atoms with E-state index in [0.717, 1.165) is 45.6 Å². The normalized spacial score (nSPS) is 13.1. The molecule has 23 heteroatoms. The van der Waals surface area contributed by atoms with Gasteiger partial charge in [-0.15, -0.1) is 70.6 Å². The van der Waals surface area contributed by atoms with Gasteiger partial charge in [0.05, 0.1) is 45.6 Å². The maximum absolute atomic E-state index is 12.0. The van der Waals surface area contributed by atoms with E-state index in [4.69, 9.17) is 10.2 Å². The third kappa shape index (κ3) is 35.5. The summed E-state index contributed by atoms with van der Waals surface area (Å²) in [4.78, 5) is 31.8. The topological polar surface area (TPSA) is 169 Å². The number of nitrogens with zero attached hydrogens (tertiary/aromatic N) is 2.